The van der Waals surface area contributed by atoms with Gasteiger partial charge in [-0.25, -0.2) is 12.8 Å². The highest BCUT2D eigenvalue weighted by molar-refractivity contribution is 9.10. The maximum absolute atomic E-state index is 13.9. The van der Waals surface area contributed by atoms with Crippen LogP contribution in [0.1, 0.15) is 18.5 Å². The van der Waals surface area contributed by atoms with Crippen LogP contribution in [0.5, 0.6) is 0 Å². The van der Waals surface area contributed by atoms with Gasteiger partial charge in [-0.2, -0.15) is 0 Å². The topological polar surface area (TPSA) is 46.2 Å². The zero-order valence-electron chi connectivity index (χ0n) is 11.6. The van der Waals surface area contributed by atoms with Crippen LogP contribution in [0.15, 0.2) is 51.8 Å². The van der Waals surface area contributed by atoms with Crippen molar-refractivity contribution in [3.8, 4) is 0 Å². The van der Waals surface area contributed by atoms with Gasteiger partial charge in [-0.3, -0.25) is 0 Å². The maximum Gasteiger partial charge on any atom is 0.177 e. The number of hydrogen-bond acceptors (Lipinski definition) is 3. The molecule has 112 valence electrons. The minimum atomic E-state index is -3.34. The van der Waals surface area contributed by atoms with Gasteiger partial charge < -0.3 is 5.32 Å². The minimum absolute atomic E-state index is 0.203. The lowest BCUT2D eigenvalue weighted by atomic mass is 10.1. The third-order valence-electron chi connectivity index (χ3n) is 3.09. The Bertz CT molecular complexity index is 762. The zero-order chi connectivity index (χ0) is 15.6. The number of anilines is 1. The van der Waals surface area contributed by atoms with Gasteiger partial charge in [-0.1, -0.05) is 34.1 Å². The molecule has 0 aliphatic heterocycles. The van der Waals surface area contributed by atoms with Crippen molar-refractivity contribution in [3.05, 3.63) is 58.3 Å². The van der Waals surface area contributed by atoms with E-state index < -0.39 is 9.84 Å². The number of halogens is 2. The molecular weight excluding hydrogens is 357 g/mol. The normalized spacial score (nSPS) is 13.0. The Morgan fingerprint density at radius 3 is 2.48 bits per heavy atom. The Kier molecular flexibility index (Phi) is 4.68. The third kappa shape index (κ3) is 3.83. The molecule has 0 bridgehead atoms. The van der Waals surface area contributed by atoms with Gasteiger partial charge in [0.2, 0.25) is 0 Å². The molecule has 1 unspecified atom stereocenters. The Morgan fingerprint density at radius 1 is 1.19 bits per heavy atom. The first-order valence-electron chi connectivity index (χ1n) is 6.29. The Morgan fingerprint density at radius 2 is 1.86 bits per heavy atom. The molecule has 0 saturated carbocycles. The standard InChI is InChI=1S/C15H15BrFNO2S/c1-10(12-8-7-11(16)9-13(12)17)18-14-5-3-4-6-15(14)21(2,19)20/h3-10,18H,1-2H3. The molecule has 0 aromatic heterocycles. The predicted octanol–water partition coefficient (Wildman–Crippen LogP) is 4.16. The summed E-state index contributed by atoms with van der Waals surface area (Å²) in [5, 5.41) is 3.06. The van der Waals surface area contributed by atoms with E-state index >= 15 is 0 Å². The molecule has 2 aromatic carbocycles. The Hall–Kier alpha value is -1.40. The monoisotopic (exact) mass is 371 g/mol. The van der Waals surface area contributed by atoms with Crippen molar-refractivity contribution in [1.82, 2.24) is 0 Å². The smallest absolute Gasteiger partial charge is 0.177 e. The highest BCUT2D eigenvalue weighted by Crippen LogP contribution is 2.27. The fraction of sp³-hybridized carbons (Fsp3) is 0.200. The quantitative estimate of drug-likeness (QED) is 0.877. The second kappa shape index (κ2) is 6.15. The van der Waals surface area contributed by atoms with Crippen molar-refractivity contribution in [1.29, 1.82) is 0 Å². The first-order valence-corrected chi connectivity index (χ1v) is 8.98. The lowest BCUT2D eigenvalue weighted by molar-refractivity contribution is 0.598. The van der Waals surface area contributed by atoms with Gasteiger partial charge >= 0.3 is 0 Å². The van der Waals surface area contributed by atoms with Crippen LogP contribution in [0.4, 0.5) is 10.1 Å². The summed E-state index contributed by atoms with van der Waals surface area (Å²) in [5.74, 6) is -0.346. The number of benzene rings is 2. The van der Waals surface area contributed by atoms with Crippen LogP contribution >= 0.6 is 15.9 Å². The Balaban J connectivity index is 2.34. The third-order valence-corrected chi connectivity index (χ3v) is 4.74. The molecule has 0 aliphatic rings. The van der Waals surface area contributed by atoms with Crippen LogP contribution in [0.25, 0.3) is 0 Å². The van der Waals surface area contributed by atoms with Crippen LogP contribution in [0, 0.1) is 5.82 Å². The molecule has 21 heavy (non-hydrogen) atoms. The molecule has 0 saturated heterocycles. The lowest BCUT2D eigenvalue weighted by Gasteiger charge is -2.18. The van der Waals surface area contributed by atoms with E-state index in [-0.39, 0.29) is 16.8 Å². The second-order valence-electron chi connectivity index (χ2n) is 4.80. The number of sulfone groups is 1. The molecule has 0 fully saturated rings. The van der Waals surface area contributed by atoms with Crippen LogP contribution in [-0.2, 0) is 9.84 Å². The summed E-state index contributed by atoms with van der Waals surface area (Å²) >= 11 is 3.21. The summed E-state index contributed by atoms with van der Waals surface area (Å²) in [4.78, 5) is 0.203. The highest BCUT2D eigenvalue weighted by Gasteiger charge is 2.16. The summed E-state index contributed by atoms with van der Waals surface area (Å²) in [5.41, 5.74) is 0.941. The Labute approximate surface area is 132 Å². The number of hydrogen-bond donors (Lipinski definition) is 1. The summed E-state index contributed by atoms with van der Waals surface area (Å²) in [6.07, 6.45) is 1.15. The van der Waals surface area contributed by atoms with Gasteiger partial charge in [0.1, 0.15) is 5.82 Å². The molecule has 2 rings (SSSR count). The molecule has 1 atom stereocenters. The zero-order valence-corrected chi connectivity index (χ0v) is 14.0. The largest absolute Gasteiger partial charge is 0.377 e. The van der Waals surface area contributed by atoms with E-state index in [4.69, 9.17) is 0 Å². The van der Waals surface area contributed by atoms with Crippen LogP contribution in [0.3, 0.4) is 0 Å². The second-order valence-corrected chi connectivity index (χ2v) is 7.70. The maximum atomic E-state index is 13.9. The van der Waals surface area contributed by atoms with Crippen LogP contribution in [-0.4, -0.2) is 14.7 Å². The first-order chi connectivity index (χ1) is 9.79. The molecule has 0 amide bonds. The van der Waals surface area contributed by atoms with Crippen molar-refractivity contribution >= 4 is 31.5 Å². The van der Waals surface area contributed by atoms with E-state index in [9.17, 15) is 12.8 Å². The first kappa shape index (κ1) is 16.0. The van der Waals surface area contributed by atoms with Crippen molar-refractivity contribution in [3.63, 3.8) is 0 Å². The van der Waals surface area contributed by atoms with Crippen molar-refractivity contribution < 1.29 is 12.8 Å². The van der Waals surface area contributed by atoms with Crippen LogP contribution < -0.4 is 5.32 Å². The van der Waals surface area contributed by atoms with Gasteiger partial charge in [0.25, 0.3) is 0 Å². The molecule has 0 spiro atoms. The molecule has 6 heteroatoms. The van der Waals surface area contributed by atoms with Crippen molar-refractivity contribution in [2.45, 2.75) is 17.9 Å². The van der Waals surface area contributed by atoms with Crippen molar-refractivity contribution in [2.24, 2.45) is 0 Å². The SMILES string of the molecule is CC(Nc1ccccc1S(C)(=O)=O)c1ccc(Br)cc1F. The van der Waals surface area contributed by atoms with E-state index in [1.165, 1.54) is 12.1 Å². The number of para-hydroxylation sites is 1. The van der Waals surface area contributed by atoms with Crippen LogP contribution in [0.2, 0.25) is 0 Å². The minimum Gasteiger partial charge on any atom is -0.377 e. The van der Waals surface area contributed by atoms with E-state index in [1.807, 2.05) is 0 Å². The fourth-order valence-corrected chi connectivity index (χ4v) is 3.26. The van der Waals surface area contributed by atoms with Crippen molar-refractivity contribution in [2.75, 3.05) is 11.6 Å². The van der Waals surface area contributed by atoms with Gasteiger partial charge in [-0.05, 0) is 31.2 Å². The summed E-state index contributed by atoms with van der Waals surface area (Å²) in [7, 11) is -3.34. The van der Waals surface area contributed by atoms with Gasteiger partial charge in [0.05, 0.1) is 16.6 Å². The van der Waals surface area contributed by atoms with E-state index in [0.29, 0.717) is 15.7 Å². The summed E-state index contributed by atoms with van der Waals surface area (Å²) < 4.78 is 38.1. The van der Waals surface area contributed by atoms with E-state index in [0.717, 1.165) is 6.26 Å². The summed E-state index contributed by atoms with van der Waals surface area (Å²) in [6.45, 7) is 1.78. The predicted molar refractivity (Wildman–Crippen MR) is 85.7 cm³/mol. The van der Waals surface area contributed by atoms with Gasteiger partial charge in [0.15, 0.2) is 9.84 Å². The molecule has 3 nitrogen and oxygen atoms in total. The number of nitrogens with one attached hydrogen (secondary N) is 1. The molecule has 2 aromatic rings. The molecule has 0 aliphatic carbocycles. The summed E-state index contributed by atoms with van der Waals surface area (Å²) in [6, 6.07) is 11.0. The highest BCUT2D eigenvalue weighted by atomic mass is 79.9. The fourth-order valence-electron chi connectivity index (χ4n) is 2.07. The molecule has 1 N–H and O–H groups in total. The number of rotatable bonds is 4. The van der Waals surface area contributed by atoms with E-state index in [1.54, 1.807) is 37.3 Å². The molecular formula is C15H15BrFNO2S. The molecule has 0 radical (unpaired) electrons. The van der Waals surface area contributed by atoms with E-state index in [2.05, 4.69) is 21.2 Å². The average molecular weight is 372 g/mol. The lowest BCUT2D eigenvalue weighted by Crippen LogP contribution is -2.11. The van der Waals surface area contributed by atoms with Gasteiger partial charge in [0, 0.05) is 16.3 Å². The van der Waals surface area contributed by atoms with Gasteiger partial charge in [-0.15, -0.1) is 0 Å². The molecule has 0 heterocycles. The average Bonchev–Trinajstić information content (AvgIpc) is 2.37.